The molecule has 0 radical (unpaired) electrons. The van der Waals surface area contributed by atoms with Crippen LogP contribution in [0, 0.1) is 6.92 Å². The van der Waals surface area contributed by atoms with Crippen molar-refractivity contribution < 1.29 is 9.29 Å². The van der Waals surface area contributed by atoms with E-state index < -0.39 is 16.1 Å². The fourth-order valence-corrected chi connectivity index (χ4v) is 3.80. The lowest BCUT2D eigenvalue weighted by Gasteiger charge is -2.19. The molecule has 0 fully saturated rings. The number of fused-ring (bicyclic) bond motifs is 1. The molecule has 0 aliphatic carbocycles. The van der Waals surface area contributed by atoms with Crippen molar-refractivity contribution in [3.8, 4) is 17.1 Å². The largest absolute Gasteiger partial charge is 0.591 e. The van der Waals surface area contributed by atoms with Crippen molar-refractivity contribution in [1.29, 1.82) is 0 Å². The van der Waals surface area contributed by atoms with Crippen molar-refractivity contribution in [2.75, 3.05) is 7.11 Å². The van der Waals surface area contributed by atoms with Crippen molar-refractivity contribution in [3.05, 3.63) is 57.9 Å². The zero-order valence-electron chi connectivity index (χ0n) is 18.4. The molecule has 3 aromatic rings. The van der Waals surface area contributed by atoms with Gasteiger partial charge >= 0.3 is 0 Å². The normalized spacial score (nSPS) is 13.5. The second kappa shape index (κ2) is 8.24. The van der Waals surface area contributed by atoms with Crippen LogP contribution >= 0.6 is 0 Å². The van der Waals surface area contributed by atoms with Gasteiger partial charge in [0.2, 0.25) is 0 Å². The Balaban J connectivity index is 2.34. The molecule has 1 heterocycles. The Kier molecular flexibility index (Phi) is 6.06. The summed E-state index contributed by atoms with van der Waals surface area (Å²) in [6, 6.07) is 11.2. The number of benzene rings is 2. The summed E-state index contributed by atoms with van der Waals surface area (Å²) >= 11 is -1.42. The van der Waals surface area contributed by atoms with Crippen molar-refractivity contribution in [2.24, 2.45) is 11.4 Å². The Bertz CT molecular complexity index is 1190. The number of rotatable bonds is 4. The van der Waals surface area contributed by atoms with Crippen LogP contribution in [-0.4, -0.2) is 31.7 Å². The highest BCUT2D eigenvalue weighted by Gasteiger charge is 2.27. The van der Waals surface area contributed by atoms with Gasteiger partial charge in [-0.05, 0) is 64.4 Å². The second-order valence-corrected chi connectivity index (χ2v) is 10.2. The van der Waals surface area contributed by atoms with E-state index in [4.69, 9.17) is 9.72 Å². The van der Waals surface area contributed by atoms with Crippen molar-refractivity contribution in [3.63, 3.8) is 0 Å². The molecular formula is C23H27N3O3S. The van der Waals surface area contributed by atoms with Crippen LogP contribution in [0.5, 0.6) is 5.75 Å². The quantitative estimate of drug-likeness (QED) is 0.464. The molecular weight excluding hydrogens is 398 g/mol. The van der Waals surface area contributed by atoms with Crippen LogP contribution in [0.15, 0.2) is 45.6 Å². The van der Waals surface area contributed by atoms with E-state index in [2.05, 4.69) is 4.40 Å². The van der Waals surface area contributed by atoms with Gasteiger partial charge in [-0.2, -0.15) is 0 Å². The van der Waals surface area contributed by atoms with Gasteiger partial charge in [0, 0.05) is 12.6 Å². The summed E-state index contributed by atoms with van der Waals surface area (Å²) in [6.45, 7) is 9.36. The summed E-state index contributed by atoms with van der Waals surface area (Å²) in [5.74, 6) is 1.13. The van der Waals surface area contributed by atoms with Gasteiger partial charge in [-0.3, -0.25) is 9.36 Å². The Morgan fingerprint density at radius 2 is 1.90 bits per heavy atom. The van der Waals surface area contributed by atoms with Crippen LogP contribution in [0.3, 0.4) is 0 Å². The number of methoxy groups -OCH3 is 1. The Labute approximate surface area is 180 Å². The molecule has 0 saturated carbocycles. The minimum atomic E-state index is -1.42. The summed E-state index contributed by atoms with van der Waals surface area (Å²) in [5.41, 5.74) is 3.31. The maximum absolute atomic E-state index is 13.2. The average molecular weight is 426 g/mol. The van der Waals surface area contributed by atoms with E-state index >= 15 is 0 Å². The fourth-order valence-electron chi connectivity index (χ4n) is 3.18. The van der Waals surface area contributed by atoms with Crippen LogP contribution in [0.1, 0.15) is 38.8 Å². The zero-order chi connectivity index (χ0) is 22.2. The third kappa shape index (κ3) is 4.13. The van der Waals surface area contributed by atoms with Gasteiger partial charge < -0.3 is 9.29 Å². The highest BCUT2D eigenvalue weighted by molar-refractivity contribution is 7.91. The number of ether oxygens (including phenoxy) is 1. The highest BCUT2D eigenvalue weighted by atomic mass is 32.2. The monoisotopic (exact) mass is 425 g/mol. The van der Waals surface area contributed by atoms with E-state index in [1.807, 2.05) is 64.1 Å². The molecule has 1 atom stereocenters. The smallest absolute Gasteiger partial charge is 0.261 e. The van der Waals surface area contributed by atoms with Crippen LogP contribution < -0.4 is 10.3 Å². The molecule has 1 aromatic heterocycles. The molecule has 0 aliphatic rings. The van der Waals surface area contributed by atoms with E-state index in [0.717, 1.165) is 11.1 Å². The molecule has 0 aliphatic heterocycles. The first kappa shape index (κ1) is 22.1. The molecule has 0 unspecified atom stereocenters. The van der Waals surface area contributed by atoms with E-state index in [-0.39, 0.29) is 5.56 Å². The molecule has 7 heteroatoms. The number of aromatic nitrogens is 2. The summed E-state index contributed by atoms with van der Waals surface area (Å²) < 4.78 is 23.5. The summed E-state index contributed by atoms with van der Waals surface area (Å²) in [4.78, 5) is 18.1. The Morgan fingerprint density at radius 3 is 2.53 bits per heavy atom. The molecule has 0 saturated heterocycles. The number of para-hydroxylation sites is 1. The maximum atomic E-state index is 13.2. The molecule has 0 spiro atoms. The SMILES string of the molecule is COc1ccccc1-c1nc2c(/C(C)=N\[S@+]([O-])C(C)(C)C)cc(C)cc2c(=O)n1C. The fraction of sp³-hybridized carbons (Fsp3) is 0.348. The Morgan fingerprint density at radius 1 is 1.23 bits per heavy atom. The first-order valence-corrected chi connectivity index (χ1v) is 10.8. The van der Waals surface area contributed by atoms with Gasteiger partial charge in [0.25, 0.3) is 5.56 Å². The lowest BCUT2D eigenvalue weighted by molar-refractivity contribution is 0.416. The standard InChI is InChI=1S/C23H27N3O3S/c1-14-12-17(15(2)25-30(28)23(3,4)5)20-18(13-14)22(27)26(6)21(24-20)16-10-8-9-11-19(16)29-7/h8-13H,1-7H3/b25-15-/t30-/m1/s1. The second-order valence-electron chi connectivity index (χ2n) is 8.25. The van der Waals surface area contributed by atoms with Crippen molar-refractivity contribution in [1.82, 2.24) is 9.55 Å². The topological polar surface area (TPSA) is 79.5 Å². The first-order chi connectivity index (χ1) is 14.0. The lowest BCUT2D eigenvalue weighted by atomic mass is 10.0. The van der Waals surface area contributed by atoms with Gasteiger partial charge in [-0.1, -0.05) is 16.5 Å². The highest BCUT2D eigenvalue weighted by Crippen LogP contribution is 2.29. The van der Waals surface area contributed by atoms with E-state index in [1.165, 1.54) is 4.57 Å². The number of aryl methyl sites for hydroxylation is 1. The van der Waals surface area contributed by atoms with Crippen molar-refractivity contribution in [2.45, 2.75) is 39.4 Å². The van der Waals surface area contributed by atoms with Gasteiger partial charge in [0.1, 0.15) is 27.7 Å². The van der Waals surface area contributed by atoms with Crippen LogP contribution in [0.2, 0.25) is 0 Å². The third-order valence-corrected chi connectivity index (χ3v) is 6.29. The van der Waals surface area contributed by atoms with Crippen molar-refractivity contribution >= 4 is 28.0 Å². The van der Waals surface area contributed by atoms with Gasteiger partial charge in [0.05, 0.1) is 29.3 Å². The molecule has 2 aromatic carbocycles. The predicted octanol–water partition coefficient (Wildman–Crippen LogP) is 4.19. The van der Waals surface area contributed by atoms with Gasteiger partial charge in [0.15, 0.2) is 0 Å². The predicted molar refractivity (Wildman–Crippen MR) is 124 cm³/mol. The minimum absolute atomic E-state index is 0.157. The third-order valence-electron chi connectivity index (χ3n) is 4.81. The van der Waals surface area contributed by atoms with E-state index in [9.17, 15) is 9.35 Å². The van der Waals surface area contributed by atoms with Gasteiger partial charge in [-0.15, -0.1) is 0 Å². The minimum Gasteiger partial charge on any atom is -0.591 e. The zero-order valence-corrected chi connectivity index (χ0v) is 19.3. The van der Waals surface area contributed by atoms with Crippen LogP contribution in [0.25, 0.3) is 22.3 Å². The molecule has 0 bridgehead atoms. The molecule has 6 nitrogen and oxygen atoms in total. The number of hydrogen-bond donors (Lipinski definition) is 0. The Hall–Kier alpha value is -2.64. The van der Waals surface area contributed by atoms with Crippen LogP contribution in [-0.2, 0) is 18.4 Å². The first-order valence-electron chi connectivity index (χ1n) is 9.67. The lowest BCUT2D eigenvalue weighted by Crippen LogP contribution is -2.27. The summed E-state index contributed by atoms with van der Waals surface area (Å²) in [7, 11) is 3.29. The van der Waals surface area contributed by atoms with Gasteiger partial charge in [-0.25, -0.2) is 4.98 Å². The molecule has 0 N–H and O–H groups in total. The molecule has 158 valence electrons. The van der Waals surface area contributed by atoms with E-state index in [1.54, 1.807) is 21.1 Å². The maximum Gasteiger partial charge on any atom is 0.261 e. The molecule has 3 rings (SSSR count). The number of hydrogen-bond acceptors (Lipinski definition) is 5. The average Bonchev–Trinajstić information content (AvgIpc) is 2.69. The molecule has 30 heavy (non-hydrogen) atoms. The summed E-state index contributed by atoms with van der Waals surface area (Å²) in [5, 5.41) is 0.502. The number of nitrogens with zero attached hydrogens (tertiary/aromatic N) is 3. The van der Waals surface area contributed by atoms with E-state index in [0.29, 0.717) is 33.8 Å². The summed E-state index contributed by atoms with van der Waals surface area (Å²) in [6.07, 6.45) is 0. The van der Waals surface area contributed by atoms with Crippen LogP contribution in [0.4, 0.5) is 0 Å². The molecule has 0 amide bonds.